The molecular formula is C109H168F10O10. The van der Waals surface area contributed by atoms with Crippen molar-refractivity contribution in [2.24, 2.45) is 94.7 Å². The Balaban J connectivity index is 0.000000260. The SMILES string of the molecule is CC1CCC(C2CCC(CCOc3cc4c(c(F)c3F)OC(C)CC4)CC2)CC1.CC1CCC(C2CCC(COc3cc4c(c(F)c3F)OC(C)CC4)CC2)CC1.CC1CCC(C2CCC(COc3cc4c(c(F)c3F)OC(C)CC4)CC2)CC1.CC1CCC(COc2cc3c(c(F)c2F)OC(C)CC3)CC1.CC1CCC(COc2cc3c(c(F)c2F)OC(C)CC3)CC1.[HH].[HH].[HH].[HH].[HH].[HH].[HH].[HH]. The van der Waals surface area contributed by atoms with Crippen LogP contribution >= 0.6 is 0 Å². The fourth-order valence-corrected chi connectivity index (χ4v) is 23.4. The molecule has 5 aliphatic heterocycles. The van der Waals surface area contributed by atoms with Gasteiger partial charge in [0.05, 0.1) is 63.6 Å². The van der Waals surface area contributed by atoms with Crippen molar-refractivity contribution in [3.63, 3.8) is 0 Å². The zero-order chi connectivity index (χ0) is 91.1. The molecule has 0 N–H and O–H groups in total. The lowest BCUT2D eigenvalue weighted by molar-refractivity contribution is 0.123. The zero-order valence-electron chi connectivity index (χ0n) is 79.3. The minimum Gasteiger partial charge on any atom is -0.490 e. The zero-order valence-corrected chi connectivity index (χ0v) is 79.3. The molecule has 734 valence electrons. The van der Waals surface area contributed by atoms with E-state index in [1.54, 1.807) is 30.3 Å². The molecular weight excluding hydrogens is 1660 g/mol. The Hall–Kier alpha value is -6.60. The van der Waals surface area contributed by atoms with E-state index in [1.807, 2.05) is 34.6 Å². The Morgan fingerprint density at radius 1 is 0.217 bits per heavy atom. The van der Waals surface area contributed by atoms with E-state index >= 15 is 0 Å². The Labute approximate surface area is 776 Å². The molecule has 5 aromatic carbocycles. The normalized spacial score (nSPS) is 31.1. The van der Waals surface area contributed by atoms with Gasteiger partial charge in [-0.3, -0.25) is 0 Å². The third-order valence-corrected chi connectivity index (χ3v) is 32.5. The third kappa shape index (κ3) is 26.3. The van der Waals surface area contributed by atoms with Gasteiger partial charge < -0.3 is 47.4 Å². The summed E-state index contributed by atoms with van der Waals surface area (Å²) in [6.45, 7) is 23.4. The second-order valence-corrected chi connectivity index (χ2v) is 42.8. The van der Waals surface area contributed by atoms with Crippen LogP contribution in [0.2, 0.25) is 0 Å². The summed E-state index contributed by atoms with van der Waals surface area (Å²) in [6, 6.07) is 8.17. The van der Waals surface area contributed by atoms with Crippen molar-refractivity contribution >= 4 is 0 Å². The lowest BCUT2D eigenvalue weighted by Crippen LogP contribution is -2.27. The van der Waals surface area contributed by atoms with Crippen molar-refractivity contribution in [3.8, 4) is 57.5 Å². The van der Waals surface area contributed by atoms with Crippen LogP contribution in [0.4, 0.5) is 43.9 Å². The molecule has 13 aliphatic rings. The summed E-state index contributed by atoms with van der Waals surface area (Å²) < 4.78 is 199. The van der Waals surface area contributed by atoms with Crippen LogP contribution in [0, 0.1) is 153 Å². The first kappa shape index (κ1) is 98.4. The largest absolute Gasteiger partial charge is 0.490 e. The summed E-state index contributed by atoms with van der Waals surface area (Å²) in [4.78, 5) is 0. The number of hydrogen-bond acceptors (Lipinski definition) is 10. The van der Waals surface area contributed by atoms with Gasteiger partial charge in [-0.2, -0.15) is 43.9 Å². The van der Waals surface area contributed by atoms with Crippen molar-refractivity contribution in [1.29, 1.82) is 0 Å². The van der Waals surface area contributed by atoms with Crippen LogP contribution in [-0.4, -0.2) is 63.6 Å². The maximum absolute atomic E-state index is 14.4. The molecule has 129 heavy (non-hydrogen) atoms. The van der Waals surface area contributed by atoms with Crippen molar-refractivity contribution in [2.45, 2.75) is 376 Å². The van der Waals surface area contributed by atoms with Crippen LogP contribution in [-0.2, 0) is 32.1 Å². The quantitative estimate of drug-likeness (QED) is 0.0744. The molecule has 5 atom stereocenters. The van der Waals surface area contributed by atoms with E-state index in [-0.39, 0.29) is 99.4 Å². The molecule has 8 saturated carbocycles. The average Bonchev–Trinajstić information content (AvgIpc) is 0.805. The number of hydrogen-bond donors (Lipinski definition) is 0. The number of ether oxygens (including phenoxy) is 10. The molecule has 0 radical (unpaired) electrons. The fourth-order valence-electron chi connectivity index (χ4n) is 23.4. The molecule has 8 fully saturated rings. The Bertz CT molecular complexity index is 4210. The second-order valence-electron chi connectivity index (χ2n) is 42.8. The highest BCUT2D eigenvalue weighted by molar-refractivity contribution is 5.48. The lowest BCUT2D eigenvalue weighted by Gasteiger charge is -2.37. The van der Waals surface area contributed by atoms with E-state index in [1.165, 1.54) is 154 Å². The molecule has 0 aromatic heterocycles. The molecule has 5 aromatic rings. The van der Waals surface area contributed by atoms with Crippen LogP contribution in [0.1, 0.15) is 352 Å². The first-order chi connectivity index (χ1) is 62.1. The smallest absolute Gasteiger partial charge is 0.204 e. The van der Waals surface area contributed by atoms with Gasteiger partial charge in [0.1, 0.15) is 0 Å². The van der Waals surface area contributed by atoms with E-state index in [0.717, 1.165) is 172 Å². The van der Waals surface area contributed by atoms with Gasteiger partial charge in [-0.05, 0) is 359 Å². The molecule has 0 bridgehead atoms. The molecule has 8 aliphatic carbocycles. The van der Waals surface area contributed by atoms with Crippen LogP contribution < -0.4 is 47.4 Å². The average molecular weight is 1830 g/mol. The number of halogens is 10. The maximum atomic E-state index is 14.4. The van der Waals surface area contributed by atoms with Gasteiger partial charge in [0, 0.05) is 39.2 Å². The van der Waals surface area contributed by atoms with Crippen LogP contribution in [0.5, 0.6) is 57.5 Å². The molecule has 0 spiro atoms. The van der Waals surface area contributed by atoms with E-state index in [0.29, 0.717) is 106 Å². The number of aryl methyl sites for hydroxylation is 5. The molecule has 18 rings (SSSR count). The van der Waals surface area contributed by atoms with Gasteiger partial charge in [-0.1, -0.05) is 112 Å². The highest BCUT2D eigenvalue weighted by atomic mass is 19.2. The first-order valence-electron chi connectivity index (χ1n) is 51.1. The van der Waals surface area contributed by atoms with Gasteiger partial charge in [0.25, 0.3) is 0 Å². The van der Waals surface area contributed by atoms with Gasteiger partial charge in [0.15, 0.2) is 57.5 Å². The van der Waals surface area contributed by atoms with Crippen LogP contribution in [0.3, 0.4) is 0 Å². The van der Waals surface area contributed by atoms with Crippen molar-refractivity contribution in [2.75, 3.05) is 33.0 Å². The Morgan fingerprint density at radius 3 is 0.597 bits per heavy atom. The number of fused-ring (bicyclic) bond motifs is 5. The van der Waals surface area contributed by atoms with Gasteiger partial charge in [-0.15, -0.1) is 0 Å². The van der Waals surface area contributed by atoms with E-state index in [4.69, 9.17) is 47.4 Å². The second kappa shape index (κ2) is 46.6. The molecule has 5 unspecified atom stereocenters. The number of benzene rings is 5. The van der Waals surface area contributed by atoms with E-state index in [9.17, 15) is 43.9 Å². The van der Waals surface area contributed by atoms with Crippen LogP contribution in [0.25, 0.3) is 0 Å². The topological polar surface area (TPSA) is 92.3 Å². The van der Waals surface area contributed by atoms with Gasteiger partial charge >= 0.3 is 0 Å². The third-order valence-electron chi connectivity index (χ3n) is 32.5. The Kier molecular flexibility index (Phi) is 35.5. The molecule has 10 nitrogen and oxygen atoms in total. The van der Waals surface area contributed by atoms with Gasteiger partial charge in [-0.25, -0.2) is 0 Å². The van der Waals surface area contributed by atoms with Crippen molar-refractivity contribution in [3.05, 3.63) is 116 Å². The standard InChI is InChI=1S/C25H36F2O2.2C24H34F2O2.2C18H24F2O2.8H2/c1-16-3-8-19(9-4-16)20-11-6-18(7-12-20)13-14-28-22-15-21-10-5-17(2)29-25(21)24(27)23(22)26;2*1-15-3-8-18(9-4-15)19-11-6-17(7-12-19)14-27-21-13-20-10-5-16(2)28-24(20)23(26)22(21)25;2*1-11-3-6-13(7-4-11)10-21-15-9-14-8-5-12(2)22-18(14)17(20)16(15)19;;;;;;;;/h15-20H,3-14H2,1-2H3;2*13,15-19H,3-12,14H2,1-2H3;2*9,11-13H,3-8,10H2,1-2H3;8*1H. The minimum atomic E-state index is -0.919. The highest BCUT2D eigenvalue weighted by Gasteiger charge is 2.38. The van der Waals surface area contributed by atoms with Crippen LogP contribution in [0.15, 0.2) is 30.3 Å². The van der Waals surface area contributed by atoms with Crippen molar-refractivity contribution < 1.29 is 103 Å². The van der Waals surface area contributed by atoms with E-state index in [2.05, 4.69) is 34.6 Å². The summed E-state index contributed by atoms with van der Waals surface area (Å²) in [6.07, 6.45) is 49.0. The summed E-state index contributed by atoms with van der Waals surface area (Å²) in [5.74, 6) is 3.65. The minimum absolute atomic E-state index is 0. The first-order valence-corrected chi connectivity index (χ1v) is 51.1. The lowest BCUT2D eigenvalue weighted by atomic mass is 9.69. The van der Waals surface area contributed by atoms with Crippen molar-refractivity contribution in [1.82, 2.24) is 0 Å². The summed E-state index contributed by atoms with van der Waals surface area (Å²) in [5, 5.41) is 0. The fraction of sp³-hybridized carbons (Fsp3) is 0.725. The summed E-state index contributed by atoms with van der Waals surface area (Å²) in [7, 11) is 0. The molecule has 0 amide bonds. The molecule has 5 heterocycles. The highest BCUT2D eigenvalue weighted by Crippen LogP contribution is 2.49. The molecule has 20 heteroatoms. The van der Waals surface area contributed by atoms with Gasteiger partial charge in [0.2, 0.25) is 58.2 Å². The number of rotatable bonds is 19. The van der Waals surface area contributed by atoms with E-state index < -0.39 is 58.2 Å². The Morgan fingerprint density at radius 2 is 0.388 bits per heavy atom. The monoisotopic (exact) mass is 1830 g/mol. The molecule has 0 saturated heterocycles. The summed E-state index contributed by atoms with van der Waals surface area (Å²) in [5.41, 5.74) is 3.59. The predicted octanol–water partition coefficient (Wildman–Crippen LogP) is 32.2. The summed E-state index contributed by atoms with van der Waals surface area (Å²) >= 11 is 0. The predicted molar refractivity (Wildman–Crippen MR) is 505 cm³/mol. The maximum Gasteiger partial charge on any atom is 0.204 e.